The topological polar surface area (TPSA) is 117 Å². The van der Waals surface area contributed by atoms with Gasteiger partial charge in [-0.15, -0.1) is 0 Å². The van der Waals surface area contributed by atoms with Gasteiger partial charge in [-0.25, -0.2) is 18.1 Å². The van der Waals surface area contributed by atoms with E-state index in [-0.39, 0.29) is 11.4 Å². The van der Waals surface area contributed by atoms with Crippen molar-refractivity contribution in [3.05, 3.63) is 42.6 Å². The monoisotopic (exact) mass is 305 g/mol. The molecule has 0 aliphatic rings. The molecule has 21 heavy (non-hydrogen) atoms. The molecule has 0 aliphatic heterocycles. The normalized spacial score (nSPS) is 12.0. The van der Waals surface area contributed by atoms with Crippen LogP contribution in [-0.4, -0.2) is 29.9 Å². The molecule has 0 saturated carbocycles. The molecule has 0 amide bonds. The van der Waals surface area contributed by atoms with Gasteiger partial charge in [0.25, 0.3) is 0 Å². The maximum absolute atomic E-state index is 12.3. The Labute approximate surface area is 121 Å². The minimum absolute atomic E-state index is 0.219. The van der Waals surface area contributed by atoms with Crippen LogP contribution >= 0.6 is 0 Å². The summed E-state index contributed by atoms with van der Waals surface area (Å²) in [6.45, 7) is 0.275. The van der Waals surface area contributed by atoms with Gasteiger partial charge in [0, 0.05) is 48.1 Å². The van der Waals surface area contributed by atoms with Crippen LogP contribution in [0.4, 0.5) is 5.69 Å². The molecule has 3 rings (SSSR count). The van der Waals surface area contributed by atoms with Crippen molar-refractivity contribution in [2.45, 2.75) is 11.3 Å². The van der Waals surface area contributed by atoms with Crippen molar-refractivity contribution in [1.82, 2.24) is 19.7 Å². The predicted octanol–water partition coefficient (Wildman–Crippen LogP) is 0.994. The fourth-order valence-electron chi connectivity index (χ4n) is 2.16. The van der Waals surface area contributed by atoms with Crippen LogP contribution in [0.25, 0.3) is 10.9 Å². The Balaban J connectivity index is 1.80. The maximum Gasteiger partial charge on any atom is 0.242 e. The number of nitrogen functional groups attached to an aromatic ring is 1. The van der Waals surface area contributed by atoms with E-state index in [2.05, 4.69) is 19.7 Å². The highest BCUT2D eigenvalue weighted by Crippen LogP contribution is 2.24. The van der Waals surface area contributed by atoms with Crippen molar-refractivity contribution in [3.63, 3.8) is 0 Å². The van der Waals surface area contributed by atoms with Gasteiger partial charge in [-0.3, -0.25) is 0 Å². The van der Waals surface area contributed by atoms with Gasteiger partial charge in [0.15, 0.2) is 0 Å². The van der Waals surface area contributed by atoms with Crippen molar-refractivity contribution in [2.75, 3.05) is 12.3 Å². The first-order chi connectivity index (χ1) is 10.1. The van der Waals surface area contributed by atoms with E-state index in [1.54, 1.807) is 30.6 Å². The maximum atomic E-state index is 12.3. The predicted molar refractivity (Wildman–Crippen MR) is 80.2 cm³/mol. The molecule has 0 unspecified atom stereocenters. The number of fused-ring (bicyclic) bond motifs is 1. The highest BCUT2D eigenvalue weighted by Gasteiger charge is 2.18. The zero-order valence-corrected chi connectivity index (χ0v) is 11.9. The van der Waals surface area contributed by atoms with Crippen molar-refractivity contribution in [2.24, 2.45) is 0 Å². The summed E-state index contributed by atoms with van der Waals surface area (Å²) in [7, 11) is -3.57. The van der Waals surface area contributed by atoms with Crippen molar-refractivity contribution < 1.29 is 8.42 Å². The van der Waals surface area contributed by atoms with Gasteiger partial charge in [0.1, 0.15) is 10.7 Å². The fraction of sp³-hybridized carbons (Fsp3) is 0.154. The summed E-state index contributed by atoms with van der Waals surface area (Å²) in [6, 6.07) is 5.08. The molecular weight excluding hydrogens is 290 g/mol. The average Bonchev–Trinajstić information content (AvgIpc) is 3.06. The van der Waals surface area contributed by atoms with Gasteiger partial charge in [-0.05, 0) is 18.2 Å². The molecule has 0 spiro atoms. The van der Waals surface area contributed by atoms with Crippen LogP contribution in [0, 0.1) is 0 Å². The molecule has 0 bridgehead atoms. The molecule has 0 radical (unpaired) electrons. The summed E-state index contributed by atoms with van der Waals surface area (Å²) in [6.07, 6.45) is 5.31. The van der Waals surface area contributed by atoms with E-state index in [0.717, 1.165) is 5.82 Å². The summed E-state index contributed by atoms with van der Waals surface area (Å²) >= 11 is 0. The lowest BCUT2D eigenvalue weighted by atomic mass is 10.2. The van der Waals surface area contributed by atoms with E-state index in [1.807, 2.05) is 0 Å². The summed E-state index contributed by atoms with van der Waals surface area (Å²) < 4.78 is 27.2. The van der Waals surface area contributed by atoms with Crippen LogP contribution in [0.5, 0.6) is 0 Å². The van der Waals surface area contributed by atoms with Crippen LogP contribution < -0.4 is 10.5 Å². The second kappa shape index (κ2) is 5.23. The zero-order valence-electron chi connectivity index (χ0n) is 11.1. The van der Waals surface area contributed by atoms with E-state index in [0.29, 0.717) is 23.0 Å². The molecule has 7 nitrogen and oxygen atoms in total. The van der Waals surface area contributed by atoms with Gasteiger partial charge < -0.3 is 15.7 Å². The third kappa shape index (κ3) is 2.76. The number of benzene rings is 1. The number of hydrogen-bond donors (Lipinski definition) is 4. The second-order valence-electron chi connectivity index (χ2n) is 4.64. The number of aromatic nitrogens is 3. The van der Waals surface area contributed by atoms with E-state index in [9.17, 15) is 8.42 Å². The number of anilines is 1. The number of imidazole rings is 1. The van der Waals surface area contributed by atoms with Gasteiger partial charge in [0.2, 0.25) is 10.0 Å². The Hall–Kier alpha value is -2.32. The molecule has 3 aromatic rings. The Morgan fingerprint density at radius 1 is 1.29 bits per heavy atom. The van der Waals surface area contributed by atoms with Crippen LogP contribution in [0.15, 0.2) is 41.7 Å². The minimum Gasteiger partial charge on any atom is -0.399 e. The number of sulfonamides is 1. The molecule has 110 valence electrons. The first-order valence-corrected chi connectivity index (χ1v) is 7.89. The largest absolute Gasteiger partial charge is 0.399 e. The lowest BCUT2D eigenvalue weighted by Gasteiger charge is -2.05. The third-order valence-electron chi connectivity index (χ3n) is 3.17. The highest BCUT2D eigenvalue weighted by molar-refractivity contribution is 7.89. The summed E-state index contributed by atoms with van der Waals surface area (Å²) in [5, 5.41) is 0.620. The number of nitrogens with zero attached hydrogens (tertiary/aromatic N) is 1. The molecule has 0 atom stereocenters. The Kier molecular flexibility index (Phi) is 3.40. The summed E-state index contributed by atoms with van der Waals surface area (Å²) in [4.78, 5) is 10.1. The van der Waals surface area contributed by atoms with Gasteiger partial charge >= 0.3 is 0 Å². The molecule has 5 N–H and O–H groups in total. The van der Waals surface area contributed by atoms with Crippen LogP contribution in [0.2, 0.25) is 0 Å². The third-order valence-corrected chi connectivity index (χ3v) is 4.67. The van der Waals surface area contributed by atoms with Crippen LogP contribution in [-0.2, 0) is 16.4 Å². The SMILES string of the molecule is Nc1ccc2c(S(=O)(=O)NCCc3ncc[nH]3)c[nH]c2c1. The van der Waals surface area contributed by atoms with E-state index >= 15 is 0 Å². The van der Waals surface area contributed by atoms with Crippen LogP contribution in [0.3, 0.4) is 0 Å². The highest BCUT2D eigenvalue weighted by atomic mass is 32.2. The van der Waals surface area contributed by atoms with Crippen LogP contribution in [0.1, 0.15) is 5.82 Å². The van der Waals surface area contributed by atoms with Gasteiger partial charge in [-0.1, -0.05) is 0 Å². The van der Waals surface area contributed by atoms with Crippen molar-refractivity contribution in [1.29, 1.82) is 0 Å². The number of H-pyrrole nitrogens is 2. The summed E-state index contributed by atoms with van der Waals surface area (Å²) in [5.74, 6) is 0.740. The van der Waals surface area contributed by atoms with Crippen molar-refractivity contribution in [3.8, 4) is 0 Å². The Morgan fingerprint density at radius 2 is 2.14 bits per heavy atom. The number of nitrogens with one attached hydrogen (secondary N) is 3. The Morgan fingerprint density at radius 3 is 2.90 bits per heavy atom. The molecule has 0 saturated heterocycles. The first kappa shape index (κ1) is 13.7. The number of aromatic amines is 2. The Bertz CT molecular complexity index is 852. The lowest BCUT2D eigenvalue weighted by Crippen LogP contribution is -2.26. The van der Waals surface area contributed by atoms with E-state index in [4.69, 9.17) is 5.73 Å². The summed E-state index contributed by atoms with van der Waals surface area (Å²) in [5.41, 5.74) is 6.96. The molecule has 0 fully saturated rings. The standard InChI is InChI=1S/C13H15N5O2S/c14-9-1-2-10-11(7-9)17-8-12(10)21(19,20)18-4-3-13-15-5-6-16-13/h1-2,5-8,17-18H,3-4,14H2,(H,15,16). The molecule has 2 aromatic heterocycles. The zero-order chi connectivity index (χ0) is 14.9. The second-order valence-corrected chi connectivity index (χ2v) is 6.38. The number of hydrogen-bond acceptors (Lipinski definition) is 4. The molecule has 8 heteroatoms. The first-order valence-electron chi connectivity index (χ1n) is 6.41. The average molecular weight is 305 g/mol. The molecule has 0 aliphatic carbocycles. The number of nitrogens with two attached hydrogens (primary N) is 1. The molecule has 1 aromatic carbocycles. The quantitative estimate of drug-likeness (QED) is 0.526. The minimum atomic E-state index is -3.57. The fourth-order valence-corrected chi connectivity index (χ4v) is 3.36. The van der Waals surface area contributed by atoms with Crippen molar-refractivity contribution >= 4 is 26.6 Å². The lowest BCUT2D eigenvalue weighted by molar-refractivity contribution is 0.582. The number of rotatable bonds is 5. The van der Waals surface area contributed by atoms with Gasteiger partial charge in [-0.2, -0.15) is 0 Å². The molecule has 2 heterocycles. The molecular formula is C13H15N5O2S. The van der Waals surface area contributed by atoms with E-state index in [1.165, 1.54) is 6.20 Å². The van der Waals surface area contributed by atoms with E-state index < -0.39 is 10.0 Å². The smallest absolute Gasteiger partial charge is 0.242 e. The van der Waals surface area contributed by atoms with Gasteiger partial charge in [0.05, 0.1) is 0 Å².